The molecule has 0 bridgehead atoms. The van der Waals surface area contributed by atoms with E-state index in [0.29, 0.717) is 25.7 Å². The Labute approximate surface area is 677 Å². The predicted octanol–water partition coefficient (Wildman–Crippen LogP) is 28.3. The van der Waals surface area contributed by atoms with Crippen LogP contribution in [0.1, 0.15) is 497 Å². The number of aliphatic hydroxyl groups is 1. The number of carbonyl (C=O) groups is 4. The van der Waals surface area contributed by atoms with Crippen LogP contribution in [-0.4, -0.2) is 96.7 Å². The van der Waals surface area contributed by atoms with Crippen molar-refractivity contribution in [3.8, 4) is 0 Å². The van der Waals surface area contributed by atoms with Crippen LogP contribution in [0.4, 0.5) is 0 Å². The number of carbonyl (C=O) groups excluding carboxylic acids is 4. The number of aliphatic hydroxyl groups excluding tert-OH is 1. The van der Waals surface area contributed by atoms with Gasteiger partial charge in [0.2, 0.25) is 0 Å². The van der Waals surface area contributed by atoms with Crippen molar-refractivity contribution in [2.75, 3.05) is 39.6 Å². The summed E-state index contributed by atoms with van der Waals surface area (Å²) in [6.07, 6.45) is 79.1. The molecule has 0 fully saturated rings. The Hall–Kier alpha value is -1.94. The van der Waals surface area contributed by atoms with Crippen molar-refractivity contribution in [3.63, 3.8) is 0 Å². The fraction of sp³-hybridized carbons (Fsp3) is 0.956. The van der Waals surface area contributed by atoms with Gasteiger partial charge in [0.15, 0.2) is 12.2 Å². The first-order valence-corrected chi connectivity index (χ1v) is 50.2. The Bertz CT molecular complexity index is 2080. The minimum absolute atomic E-state index is 0.109. The van der Waals surface area contributed by atoms with E-state index in [1.165, 1.54) is 321 Å². The Morgan fingerprint density at radius 2 is 0.436 bits per heavy atom. The standard InChI is InChI=1S/C91H178O17P2/c1-6-10-13-16-19-22-25-27-29-31-33-38-41-45-50-55-60-65-70-75-89(94)102-81-87(108-91(96)77-72-67-62-57-52-47-43-39-35-34-36-40-44-49-53-58-63-68-73-84(5)9-4)83-106-110(99,100)104-79-85(92)78-103-109(97,98)105-82-86(80-101-88(93)74-69-64-59-54-48-24-21-18-15-12-8-3)107-90(95)76-71-66-61-56-51-46-42-37-32-30-28-26-23-20-17-14-11-7-2/h84-87,92H,6-83H2,1-5H3,(H,97,98)(H,99,100)/t84?,85-,86+,87+/m0/s1. The molecular weight excluding hydrogens is 1430 g/mol. The van der Waals surface area contributed by atoms with E-state index in [4.69, 9.17) is 37.0 Å². The Kier molecular flexibility index (Phi) is 82.1. The third-order valence-electron chi connectivity index (χ3n) is 21.9. The molecular formula is C91H178O17P2. The second-order valence-electron chi connectivity index (χ2n) is 32.9. The molecule has 17 nitrogen and oxygen atoms in total. The molecule has 0 rings (SSSR count). The molecule has 0 saturated heterocycles. The largest absolute Gasteiger partial charge is 0.472 e. The maximum atomic E-state index is 13.2. The van der Waals surface area contributed by atoms with Gasteiger partial charge in [0.1, 0.15) is 19.3 Å². The normalized spacial score (nSPS) is 13.9. The van der Waals surface area contributed by atoms with Crippen LogP contribution in [0.25, 0.3) is 0 Å². The van der Waals surface area contributed by atoms with E-state index in [-0.39, 0.29) is 25.7 Å². The zero-order valence-electron chi connectivity index (χ0n) is 72.4. The van der Waals surface area contributed by atoms with E-state index in [9.17, 15) is 43.2 Å². The lowest BCUT2D eigenvalue weighted by Crippen LogP contribution is -2.30. The molecule has 0 aliphatic heterocycles. The highest BCUT2D eigenvalue weighted by Crippen LogP contribution is 2.45. The highest BCUT2D eigenvalue weighted by molar-refractivity contribution is 7.47. The van der Waals surface area contributed by atoms with Gasteiger partial charge < -0.3 is 33.8 Å². The summed E-state index contributed by atoms with van der Waals surface area (Å²) in [6, 6.07) is 0. The van der Waals surface area contributed by atoms with Crippen LogP contribution in [0.15, 0.2) is 0 Å². The van der Waals surface area contributed by atoms with Crippen molar-refractivity contribution >= 4 is 39.5 Å². The lowest BCUT2D eigenvalue weighted by atomic mass is 9.99. The lowest BCUT2D eigenvalue weighted by molar-refractivity contribution is -0.161. The van der Waals surface area contributed by atoms with Crippen molar-refractivity contribution < 1.29 is 80.2 Å². The summed E-state index contributed by atoms with van der Waals surface area (Å²) < 4.78 is 69.1. The minimum atomic E-state index is -4.97. The number of hydrogen-bond acceptors (Lipinski definition) is 15. The van der Waals surface area contributed by atoms with E-state index in [1.807, 2.05) is 0 Å². The van der Waals surface area contributed by atoms with E-state index in [2.05, 4.69) is 34.6 Å². The molecule has 0 amide bonds. The van der Waals surface area contributed by atoms with Crippen molar-refractivity contribution in [1.82, 2.24) is 0 Å². The first kappa shape index (κ1) is 108. The number of esters is 4. The van der Waals surface area contributed by atoms with Crippen molar-refractivity contribution in [1.29, 1.82) is 0 Å². The number of unbranched alkanes of at least 4 members (excludes halogenated alkanes) is 62. The number of ether oxygens (including phenoxy) is 4. The van der Waals surface area contributed by atoms with Gasteiger partial charge in [0.25, 0.3) is 0 Å². The Morgan fingerprint density at radius 1 is 0.255 bits per heavy atom. The van der Waals surface area contributed by atoms with Gasteiger partial charge in [-0.15, -0.1) is 0 Å². The molecule has 3 unspecified atom stereocenters. The molecule has 110 heavy (non-hydrogen) atoms. The molecule has 19 heteroatoms. The van der Waals surface area contributed by atoms with Gasteiger partial charge in [0.05, 0.1) is 26.4 Å². The van der Waals surface area contributed by atoms with Gasteiger partial charge >= 0.3 is 39.5 Å². The first-order valence-electron chi connectivity index (χ1n) is 47.2. The highest BCUT2D eigenvalue weighted by atomic mass is 31.2. The molecule has 0 saturated carbocycles. The highest BCUT2D eigenvalue weighted by Gasteiger charge is 2.31. The van der Waals surface area contributed by atoms with Gasteiger partial charge in [-0.3, -0.25) is 37.3 Å². The quantitative estimate of drug-likeness (QED) is 0.0222. The molecule has 0 aliphatic rings. The molecule has 0 spiro atoms. The summed E-state index contributed by atoms with van der Waals surface area (Å²) in [4.78, 5) is 73.4. The SMILES string of the molecule is CCCCCCCCCCCCCCCCCCCCCC(=O)OC[C@H](COP(=O)(O)OC[C@@H](O)COP(=O)(O)OC[C@@H](COC(=O)CCCCCCCCCCCCC)OC(=O)CCCCCCCCCCCCCCCCCCCC)OC(=O)CCCCCCCCCCCCCCCCCCCCC(C)CC. The van der Waals surface area contributed by atoms with Gasteiger partial charge in [-0.1, -0.05) is 446 Å². The molecule has 0 heterocycles. The number of phosphoric acid groups is 2. The summed E-state index contributed by atoms with van der Waals surface area (Å²) in [6.45, 7) is 7.46. The summed E-state index contributed by atoms with van der Waals surface area (Å²) in [7, 11) is -9.93. The van der Waals surface area contributed by atoms with Crippen LogP contribution in [0, 0.1) is 5.92 Å². The number of phosphoric ester groups is 2. The van der Waals surface area contributed by atoms with Crippen LogP contribution in [0.3, 0.4) is 0 Å². The zero-order valence-corrected chi connectivity index (χ0v) is 74.2. The third kappa shape index (κ3) is 82.6. The maximum absolute atomic E-state index is 13.2. The van der Waals surface area contributed by atoms with Gasteiger partial charge in [-0.25, -0.2) is 9.13 Å². The van der Waals surface area contributed by atoms with Gasteiger partial charge in [-0.2, -0.15) is 0 Å². The van der Waals surface area contributed by atoms with Crippen LogP contribution in [0.2, 0.25) is 0 Å². The smallest absolute Gasteiger partial charge is 0.462 e. The first-order chi connectivity index (χ1) is 53.6. The number of hydrogen-bond donors (Lipinski definition) is 3. The second-order valence-corrected chi connectivity index (χ2v) is 35.8. The van der Waals surface area contributed by atoms with E-state index < -0.39 is 97.5 Å². The van der Waals surface area contributed by atoms with E-state index in [0.717, 1.165) is 95.8 Å². The third-order valence-corrected chi connectivity index (χ3v) is 23.8. The monoisotopic (exact) mass is 1610 g/mol. The van der Waals surface area contributed by atoms with Crippen molar-refractivity contribution in [2.45, 2.75) is 515 Å². The fourth-order valence-corrected chi connectivity index (χ4v) is 15.9. The second kappa shape index (κ2) is 83.5. The summed E-state index contributed by atoms with van der Waals surface area (Å²) >= 11 is 0. The van der Waals surface area contributed by atoms with Crippen LogP contribution in [0.5, 0.6) is 0 Å². The number of rotatable bonds is 91. The Balaban J connectivity index is 5.23. The molecule has 0 aromatic carbocycles. The van der Waals surface area contributed by atoms with Crippen molar-refractivity contribution in [3.05, 3.63) is 0 Å². The molecule has 654 valence electrons. The maximum Gasteiger partial charge on any atom is 0.472 e. The lowest BCUT2D eigenvalue weighted by Gasteiger charge is -2.21. The molecule has 0 aromatic rings. The van der Waals surface area contributed by atoms with Crippen LogP contribution >= 0.6 is 15.6 Å². The van der Waals surface area contributed by atoms with Crippen molar-refractivity contribution in [2.24, 2.45) is 5.92 Å². The Morgan fingerprint density at radius 3 is 0.645 bits per heavy atom. The summed E-state index contributed by atoms with van der Waals surface area (Å²) in [5.41, 5.74) is 0. The van der Waals surface area contributed by atoms with E-state index in [1.54, 1.807) is 0 Å². The predicted molar refractivity (Wildman–Crippen MR) is 455 cm³/mol. The topological polar surface area (TPSA) is 237 Å². The molecule has 0 radical (unpaired) electrons. The molecule has 3 N–H and O–H groups in total. The fourth-order valence-electron chi connectivity index (χ4n) is 14.3. The van der Waals surface area contributed by atoms with Gasteiger partial charge in [0, 0.05) is 25.7 Å². The average molecular weight is 1610 g/mol. The summed E-state index contributed by atoms with van der Waals surface area (Å²) in [5, 5.41) is 10.7. The molecule has 0 aliphatic carbocycles. The zero-order chi connectivity index (χ0) is 80.4. The minimum Gasteiger partial charge on any atom is -0.462 e. The van der Waals surface area contributed by atoms with E-state index >= 15 is 0 Å². The molecule has 0 aromatic heterocycles. The van der Waals surface area contributed by atoms with Gasteiger partial charge in [-0.05, 0) is 31.6 Å². The summed E-state index contributed by atoms with van der Waals surface area (Å²) in [5.74, 6) is -1.22. The average Bonchev–Trinajstić information content (AvgIpc) is 0.899. The van der Waals surface area contributed by atoms with Crippen LogP contribution in [-0.2, 0) is 65.4 Å². The van der Waals surface area contributed by atoms with Crippen LogP contribution < -0.4 is 0 Å². The molecule has 6 atom stereocenters.